The lowest BCUT2D eigenvalue weighted by Gasteiger charge is -2.50. The summed E-state index contributed by atoms with van der Waals surface area (Å²) < 4.78 is 18.3. The second-order valence-electron chi connectivity index (χ2n) is 8.17. The third kappa shape index (κ3) is 2.41. The molecular formula is C23H24N4O3. The highest BCUT2D eigenvalue weighted by Crippen LogP contribution is 2.69. The molecule has 2 bridgehead atoms. The molecule has 2 saturated heterocycles. The fourth-order valence-electron chi connectivity index (χ4n) is 5.48. The second-order valence-corrected chi connectivity index (χ2v) is 8.17. The summed E-state index contributed by atoms with van der Waals surface area (Å²) in [6.07, 6.45) is 3.69. The monoisotopic (exact) mass is 404 g/mol. The van der Waals surface area contributed by atoms with Crippen molar-refractivity contribution in [3.8, 4) is 24.0 Å². The van der Waals surface area contributed by atoms with Gasteiger partial charge in [-0.2, -0.15) is 15.8 Å². The standard InChI is InChI=1S/C23H24N4O3/c1-2-28-17-10-7-6-9-16(17)19-21(13-24,14-25)22(15-26)18-11-5-3-4-8-12-23(18,29-19)30-20(22)27/h6-7,9-10,18-19,27H,2-5,8,11-12H2,1H3. The number of para-hydroxylation sites is 1. The molecule has 3 aliphatic rings. The Morgan fingerprint density at radius 1 is 1.10 bits per heavy atom. The molecule has 7 nitrogen and oxygen atoms in total. The van der Waals surface area contributed by atoms with E-state index in [2.05, 4.69) is 18.2 Å². The number of hydrogen-bond acceptors (Lipinski definition) is 7. The van der Waals surface area contributed by atoms with Crippen molar-refractivity contribution in [3.63, 3.8) is 0 Å². The maximum atomic E-state index is 10.4. The average Bonchev–Trinajstić information content (AvgIpc) is 2.91. The van der Waals surface area contributed by atoms with Crippen molar-refractivity contribution in [2.24, 2.45) is 16.7 Å². The molecule has 7 heteroatoms. The van der Waals surface area contributed by atoms with E-state index in [-0.39, 0.29) is 5.90 Å². The van der Waals surface area contributed by atoms with Crippen LogP contribution in [-0.2, 0) is 9.47 Å². The van der Waals surface area contributed by atoms with Gasteiger partial charge in [0.15, 0.2) is 5.41 Å². The molecule has 1 N–H and O–H groups in total. The van der Waals surface area contributed by atoms with Crippen molar-refractivity contribution in [1.29, 1.82) is 21.2 Å². The molecule has 0 aromatic heterocycles. The van der Waals surface area contributed by atoms with Crippen LogP contribution in [-0.4, -0.2) is 18.3 Å². The Labute approximate surface area is 176 Å². The van der Waals surface area contributed by atoms with E-state index in [4.69, 9.17) is 19.6 Å². The molecule has 3 fully saturated rings. The predicted molar refractivity (Wildman–Crippen MR) is 106 cm³/mol. The lowest BCUT2D eigenvalue weighted by Crippen LogP contribution is -2.59. The number of rotatable bonds is 3. The van der Waals surface area contributed by atoms with E-state index in [0.717, 1.165) is 25.7 Å². The van der Waals surface area contributed by atoms with E-state index in [9.17, 15) is 15.8 Å². The maximum absolute atomic E-state index is 10.4. The van der Waals surface area contributed by atoms with Gasteiger partial charge in [-0.05, 0) is 25.8 Å². The van der Waals surface area contributed by atoms with Crippen LogP contribution in [0, 0.1) is 56.2 Å². The Bertz CT molecular complexity index is 973. The molecular weight excluding hydrogens is 380 g/mol. The first-order valence-corrected chi connectivity index (χ1v) is 10.5. The van der Waals surface area contributed by atoms with Gasteiger partial charge in [0, 0.05) is 12.0 Å². The molecule has 0 radical (unpaired) electrons. The van der Waals surface area contributed by atoms with Crippen molar-refractivity contribution in [1.82, 2.24) is 0 Å². The van der Waals surface area contributed by atoms with Crippen LogP contribution in [0.15, 0.2) is 24.3 Å². The van der Waals surface area contributed by atoms with Crippen molar-refractivity contribution >= 4 is 5.90 Å². The number of nitriles is 3. The minimum absolute atomic E-state index is 0.323. The third-order valence-corrected chi connectivity index (χ3v) is 6.82. The summed E-state index contributed by atoms with van der Waals surface area (Å²) in [6, 6.07) is 13.6. The number of nitrogens with zero attached hydrogens (tertiary/aromatic N) is 3. The lowest BCUT2D eigenvalue weighted by molar-refractivity contribution is -0.289. The molecule has 1 aromatic rings. The van der Waals surface area contributed by atoms with Gasteiger partial charge in [-0.3, -0.25) is 5.41 Å². The Morgan fingerprint density at radius 3 is 2.53 bits per heavy atom. The molecule has 0 spiro atoms. The summed E-state index contributed by atoms with van der Waals surface area (Å²) in [7, 11) is 0. The van der Waals surface area contributed by atoms with Gasteiger partial charge in [0.1, 0.15) is 11.9 Å². The quantitative estimate of drug-likeness (QED) is 0.798. The molecule has 4 unspecified atom stereocenters. The van der Waals surface area contributed by atoms with E-state index >= 15 is 0 Å². The van der Waals surface area contributed by atoms with Crippen molar-refractivity contribution in [3.05, 3.63) is 29.8 Å². The molecule has 154 valence electrons. The molecule has 1 aliphatic carbocycles. The highest BCUT2D eigenvalue weighted by Gasteiger charge is 2.80. The highest BCUT2D eigenvalue weighted by atomic mass is 16.7. The topological polar surface area (TPSA) is 123 Å². The number of benzene rings is 1. The summed E-state index contributed by atoms with van der Waals surface area (Å²) in [6.45, 7) is 2.25. The van der Waals surface area contributed by atoms with Crippen molar-refractivity contribution < 1.29 is 14.2 Å². The van der Waals surface area contributed by atoms with Crippen molar-refractivity contribution in [2.45, 2.75) is 57.3 Å². The molecule has 0 amide bonds. The van der Waals surface area contributed by atoms with Gasteiger partial charge in [-0.1, -0.05) is 37.5 Å². The minimum atomic E-state index is -1.93. The average molecular weight is 404 g/mol. The zero-order valence-corrected chi connectivity index (χ0v) is 17.0. The zero-order valence-electron chi connectivity index (χ0n) is 17.0. The van der Waals surface area contributed by atoms with Crippen LogP contribution in [0.5, 0.6) is 5.75 Å². The summed E-state index contributed by atoms with van der Waals surface area (Å²) in [5.41, 5.74) is -3.10. The molecule has 1 saturated carbocycles. The molecule has 2 heterocycles. The van der Waals surface area contributed by atoms with Crippen LogP contribution < -0.4 is 4.74 Å². The summed E-state index contributed by atoms with van der Waals surface area (Å²) in [5, 5.41) is 39.8. The van der Waals surface area contributed by atoms with Gasteiger partial charge < -0.3 is 14.2 Å². The fraction of sp³-hybridized carbons (Fsp3) is 0.565. The van der Waals surface area contributed by atoms with E-state index < -0.39 is 28.6 Å². The predicted octanol–water partition coefficient (Wildman–Crippen LogP) is 4.37. The van der Waals surface area contributed by atoms with Gasteiger partial charge in [-0.25, -0.2) is 0 Å². The van der Waals surface area contributed by atoms with Gasteiger partial charge >= 0.3 is 0 Å². The minimum Gasteiger partial charge on any atom is -0.493 e. The second kappa shape index (κ2) is 7.31. The third-order valence-electron chi connectivity index (χ3n) is 6.82. The van der Waals surface area contributed by atoms with E-state index in [1.54, 1.807) is 18.2 Å². The first-order valence-electron chi connectivity index (χ1n) is 10.5. The summed E-state index contributed by atoms with van der Waals surface area (Å²) in [5.74, 6) is -1.55. The SMILES string of the molecule is CCOc1ccccc1C1OC23CCCCCCC2C(C#N)(C(=N)O3)C1(C#N)C#N. The van der Waals surface area contributed by atoms with Gasteiger partial charge in [-0.15, -0.1) is 0 Å². The lowest BCUT2D eigenvalue weighted by atomic mass is 9.52. The molecule has 4 atom stereocenters. The van der Waals surface area contributed by atoms with Crippen LogP contribution >= 0.6 is 0 Å². The number of ether oxygens (including phenoxy) is 3. The smallest absolute Gasteiger partial charge is 0.217 e. The van der Waals surface area contributed by atoms with Gasteiger partial charge in [0.2, 0.25) is 17.1 Å². The van der Waals surface area contributed by atoms with Crippen LogP contribution in [0.25, 0.3) is 0 Å². The van der Waals surface area contributed by atoms with Crippen LogP contribution in [0.2, 0.25) is 0 Å². The summed E-state index contributed by atoms with van der Waals surface area (Å²) >= 11 is 0. The zero-order chi connectivity index (χ0) is 21.4. The Balaban J connectivity index is 1.98. The Hall–Kier alpha value is -3.08. The number of nitrogens with one attached hydrogen (secondary N) is 1. The first kappa shape index (κ1) is 20.2. The van der Waals surface area contributed by atoms with Gasteiger partial charge in [0.05, 0.1) is 30.7 Å². The molecule has 4 rings (SSSR count). The van der Waals surface area contributed by atoms with E-state index in [1.165, 1.54) is 0 Å². The van der Waals surface area contributed by atoms with E-state index in [0.29, 0.717) is 30.8 Å². The summed E-state index contributed by atoms with van der Waals surface area (Å²) in [4.78, 5) is 0. The highest BCUT2D eigenvalue weighted by molar-refractivity contribution is 5.89. The molecule has 30 heavy (non-hydrogen) atoms. The maximum Gasteiger partial charge on any atom is 0.217 e. The van der Waals surface area contributed by atoms with Crippen LogP contribution in [0.1, 0.15) is 57.1 Å². The fourth-order valence-corrected chi connectivity index (χ4v) is 5.48. The Morgan fingerprint density at radius 2 is 1.83 bits per heavy atom. The van der Waals surface area contributed by atoms with Gasteiger partial charge in [0.25, 0.3) is 0 Å². The molecule has 1 aromatic carbocycles. The van der Waals surface area contributed by atoms with E-state index in [1.807, 2.05) is 13.0 Å². The first-order chi connectivity index (χ1) is 14.5. The van der Waals surface area contributed by atoms with Crippen LogP contribution in [0.4, 0.5) is 0 Å². The van der Waals surface area contributed by atoms with Crippen molar-refractivity contribution in [2.75, 3.05) is 6.61 Å². The van der Waals surface area contributed by atoms with Crippen LogP contribution in [0.3, 0.4) is 0 Å². The molecule has 2 aliphatic heterocycles. The largest absolute Gasteiger partial charge is 0.493 e. The number of hydrogen-bond donors (Lipinski definition) is 1. The normalized spacial score (nSPS) is 34.1. The Kier molecular flexibility index (Phi) is 4.92.